The zero-order valence-corrected chi connectivity index (χ0v) is 20.9. The van der Waals surface area contributed by atoms with Gasteiger partial charge in [-0.3, -0.25) is 9.69 Å². The van der Waals surface area contributed by atoms with Gasteiger partial charge in [-0.15, -0.1) is 0 Å². The summed E-state index contributed by atoms with van der Waals surface area (Å²) >= 11 is 0. The number of hydrogen-bond acceptors (Lipinski definition) is 8. The van der Waals surface area contributed by atoms with Crippen LogP contribution in [0.15, 0.2) is 0 Å². The van der Waals surface area contributed by atoms with Gasteiger partial charge in [0.25, 0.3) is 0 Å². The van der Waals surface area contributed by atoms with E-state index in [0.29, 0.717) is 38.5 Å². The maximum absolute atomic E-state index is 13.7. The first-order valence-electron chi connectivity index (χ1n) is 13.9. The molecule has 0 spiro atoms. The first kappa shape index (κ1) is 25.8. The van der Waals surface area contributed by atoms with Gasteiger partial charge < -0.3 is 36.9 Å². The third-order valence-electron chi connectivity index (χ3n) is 9.18. The zero-order valence-electron chi connectivity index (χ0n) is 20.9. The molecule has 35 heavy (non-hydrogen) atoms. The number of carbonyl (C=O) groups is 1. The van der Waals surface area contributed by atoms with E-state index >= 15 is 0 Å². The van der Waals surface area contributed by atoms with Gasteiger partial charge >= 0.3 is 0 Å². The van der Waals surface area contributed by atoms with Gasteiger partial charge in [0, 0.05) is 49.9 Å². The van der Waals surface area contributed by atoms with E-state index in [9.17, 15) is 9.18 Å². The molecule has 3 heterocycles. The maximum atomic E-state index is 13.7. The van der Waals surface area contributed by atoms with Crippen LogP contribution >= 0.6 is 0 Å². The fourth-order valence-electron chi connectivity index (χ4n) is 7.09. The van der Waals surface area contributed by atoms with Crippen molar-refractivity contribution in [2.24, 2.45) is 29.2 Å². The minimum Gasteiger partial charge on any atom is -0.376 e. The maximum Gasteiger partial charge on any atom is 0.223 e. The van der Waals surface area contributed by atoms with Gasteiger partial charge in [0.15, 0.2) is 0 Å². The Hall–Kier alpha value is -0.880. The lowest BCUT2D eigenvalue weighted by molar-refractivity contribution is -0.127. The second-order valence-electron chi connectivity index (χ2n) is 11.4. The van der Waals surface area contributed by atoms with Crippen molar-refractivity contribution in [1.82, 2.24) is 20.9 Å². The Morgan fingerprint density at radius 2 is 2.00 bits per heavy atom. The summed E-state index contributed by atoms with van der Waals surface area (Å²) < 4.78 is 25.6. The molecule has 2 saturated carbocycles. The summed E-state index contributed by atoms with van der Waals surface area (Å²) in [7, 11) is 0. The van der Waals surface area contributed by atoms with Gasteiger partial charge in [-0.25, -0.2) is 4.39 Å². The summed E-state index contributed by atoms with van der Waals surface area (Å²) in [6, 6.07) is 0.290. The molecule has 3 aliphatic heterocycles. The number of hydrogen-bond donors (Lipinski definition) is 5. The molecule has 3 saturated heterocycles. The van der Waals surface area contributed by atoms with E-state index in [-0.39, 0.29) is 54.4 Å². The molecule has 200 valence electrons. The molecule has 5 fully saturated rings. The lowest BCUT2D eigenvalue weighted by Crippen LogP contribution is -2.61. The van der Waals surface area contributed by atoms with E-state index in [2.05, 4.69) is 20.9 Å². The molecule has 9 nitrogen and oxygen atoms in total. The summed E-state index contributed by atoms with van der Waals surface area (Å²) in [6.45, 7) is 4.36. The smallest absolute Gasteiger partial charge is 0.223 e. The Bertz CT molecular complexity index is 719. The van der Waals surface area contributed by atoms with E-state index in [0.717, 1.165) is 58.2 Å². The number of nitrogens with zero attached hydrogens (tertiary/aromatic N) is 1. The van der Waals surface area contributed by atoms with E-state index in [1.165, 1.54) is 0 Å². The summed E-state index contributed by atoms with van der Waals surface area (Å²) in [4.78, 5) is 15.3. The number of piperidine rings is 1. The number of alkyl halides is 1. The van der Waals surface area contributed by atoms with E-state index in [4.69, 9.17) is 20.9 Å². The number of ether oxygens (including phenoxy) is 2. The first-order chi connectivity index (χ1) is 17.0. The van der Waals surface area contributed by atoms with Crippen LogP contribution in [0, 0.1) is 17.8 Å². The van der Waals surface area contributed by atoms with Crippen LogP contribution in [-0.4, -0.2) is 93.0 Å². The number of halogens is 1. The van der Waals surface area contributed by atoms with E-state index in [1.807, 2.05) is 0 Å². The van der Waals surface area contributed by atoms with Crippen molar-refractivity contribution in [2.45, 2.75) is 94.2 Å². The number of amides is 1. The molecule has 5 rings (SSSR count). The Kier molecular flexibility index (Phi) is 8.59. The van der Waals surface area contributed by atoms with E-state index < -0.39 is 6.17 Å². The molecule has 10 atom stereocenters. The highest BCUT2D eigenvalue weighted by molar-refractivity contribution is 5.79. The van der Waals surface area contributed by atoms with Crippen LogP contribution < -0.4 is 27.4 Å². The highest BCUT2D eigenvalue weighted by Crippen LogP contribution is 2.36. The Morgan fingerprint density at radius 1 is 1.11 bits per heavy atom. The molecule has 0 bridgehead atoms. The summed E-state index contributed by atoms with van der Waals surface area (Å²) in [5, 5.41) is 10.3. The molecule has 10 heteroatoms. The van der Waals surface area contributed by atoms with Crippen LogP contribution in [0.5, 0.6) is 0 Å². The van der Waals surface area contributed by atoms with Crippen LogP contribution in [0.2, 0.25) is 0 Å². The van der Waals surface area contributed by atoms with Crippen molar-refractivity contribution >= 4 is 5.91 Å². The normalized spacial score (nSPS) is 43.6. The molecule has 7 N–H and O–H groups in total. The molecule has 0 aromatic rings. The van der Waals surface area contributed by atoms with Crippen molar-refractivity contribution < 1.29 is 18.7 Å². The molecular formula is C25H45FN6O3. The zero-order chi connectivity index (χ0) is 24.4. The molecule has 1 amide bonds. The fraction of sp³-hybridized carbons (Fsp3) is 0.960. The summed E-state index contributed by atoms with van der Waals surface area (Å²) in [5.74, 6) is 0.675. The van der Waals surface area contributed by atoms with Crippen molar-refractivity contribution in [1.29, 1.82) is 0 Å². The van der Waals surface area contributed by atoms with Gasteiger partial charge in [0.05, 0.1) is 43.8 Å². The van der Waals surface area contributed by atoms with Crippen molar-refractivity contribution in [2.75, 3.05) is 39.4 Å². The van der Waals surface area contributed by atoms with Crippen LogP contribution in [0.1, 0.15) is 51.4 Å². The predicted molar refractivity (Wildman–Crippen MR) is 131 cm³/mol. The largest absolute Gasteiger partial charge is 0.376 e. The second-order valence-corrected chi connectivity index (χ2v) is 11.4. The molecular weight excluding hydrogens is 451 g/mol. The Labute approximate surface area is 208 Å². The lowest BCUT2D eigenvalue weighted by atomic mass is 9.81. The van der Waals surface area contributed by atoms with Crippen molar-refractivity contribution in [3.8, 4) is 0 Å². The fourth-order valence-corrected chi connectivity index (χ4v) is 7.09. The van der Waals surface area contributed by atoms with Crippen LogP contribution in [0.25, 0.3) is 0 Å². The molecule has 0 aromatic heterocycles. The molecule has 0 aromatic carbocycles. The second kappa shape index (κ2) is 11.7. The number of rotatable bonds is 6. The summed E-state index contributed by atoms with van der Waals surface area (Å²) in [6.07, 6.45) is 5.73. The quantitative estimate of drug-likeness (QED) is 0.349. The number of carbonyl (C=O) groups excluding carboxylic acids is 1. The molecule has 9 unspecified atom stereocenters. The van der Waals surface area contributed by atoms with E-state index in [1.54, 1.807) is 0 Å². The van der Waals surface area contributed by atoms with Crippen molar-refractivity contribution in [3.63, 3.8) is 0 Å². The third kappa shape index (κ3) is 6.00. The number of nitrogens with one attached hydrogen (secondary N) is 3. The van der Waals surface area contributed by atoms with Gasteiger partial charge in [-0.2, -0.15) is 0 Å². The van der Waals surface area contributed by atoms with Crippen LogP contribution in [0.4, 0.5) is 4.39 Å². The highest BCUT2D eigenvalue weighted by atomic mass is 19.1. The monoisotopic (exact) mass is 496 g/mol. The average Bonchev–Trinajstić information content (AvgIpc) is 3.17. The standard InChI is InChI=1S/C25H45FN6O3/c26-16-4-5-18-20(14-35-21(18)11-16)31-25(33)15-2-1-3-17(10-15)30-13-23(27)32-8-9-34-22-12-29-7-6-19(22)24(32)28/h15-24,29-30H,1-14,27-28H2,(H,31,33)/t15?,16?,17?,18?,19?,20-,21?,22?,23?,24?/m0/s1. The van der Waals surface area contributed by atoms with Gasteiger partial charge in [-0.1, -0.05) is 6.42 Å². The predicted octanol–water partition coefficient (Wildman–Crippen LogP) is 0.0365. The Morgan fingerprint density at radius 3 is 2.89 bits per heavy atom. The molecule has 2 aliphatic carbocycles. The summed E-state index contributed by atoms with van der Waals surface area (Å²) in [5.41, 5.74) is 13.3. The third-order valence-corrected chi connectivity index (χ3v) is 9.18. The number of nitrogens with two attached hydrogens (primary N) is 2. The van der Waals surface area contributed by atoms with Gasteiger partial charge in [0.1, 0.15) is 6.17 Å². The minimum absolute atomic E-state index is 0.00150. The van der Waals surface area contributed by atoms with Gasteiger partial charge in [0.2, 0.25) is 5.91 Å². The average molecular weight is 497 g/mol. The van der Waals surface area contributed by atoms with Crippen LogP contribution in [0.3, 0.4) is 0 Å². The van der Waals surface area contributed by atoms with Crippen LogP contribution in [-0.2, 0) is 14.3 Å². The minimum atomic E-state index is -0.764. The molecule has 5 aliphatic rings. The highest BCUT2D eigenvalue weighted by Gasteiger charge is 2.43. The van der Waals surface area contributed by atoms with Crippen molar-refractivity contribution in [3.05, 3.63) is 0 Å². The lowest BCUT2D eigenvalue weighted by Gasteiger charge is -2.40. The first-order valence-corrected chi connectivity index (χ1v) is 13.9. The van der Waals surface area contributed by atoms with Gasteiger partial charge in [-0.05, 0) is 45.1 Å². The Balaban J connectivity index is 1.08. The number of fused-ring (bicyclic) bond motifs is 2. The SMILES string of the molecule is NC(CNC1CCCC(C(=O)N[C@H]2COC3CC(F)CCC32)C1)N1CCOC2CNCCC2C1N. The molecule has 0 radical (unpaired) electrons. The topological polar surface area (TPSA) is 127 Å².